The van der Waals surface area contributed by atoms with E-state index in [1.807, 2.05) is 6.92 Å². The summed E-state index contributed by atoms with van der Waals surface area (Å²) in [7, 11) is 0. The van der Waals surface area contributed by atoms with E-state index in [2.05, 4.69) is 5.92 Å². The predicted octanol–water partition coefficient (Wildman–Crippen LogP) is 0.889. The fourth-order valence-corrected chi connectivity index (χ4v) is 0.642. The van der Waals surface area contributed by atoms with Crippen LogP contribution in [-0.2, 0) is 9.53 Å². The maximum absolute atomic E-state index is 10.0. The van der Waals surface area contributed by atoms with Crippen molar-refractivity contribution >= 4 is 5.97 Å². The number of aliphatic carboxylic acids is 1. The lowest BCUT2D eigenvalue weighted by Crippen LogP contribution is -2.16. The highest BCUT2D eigenvalue weighted by Crippen LogP contribution is 2.01. The van der Waals surface area contributed by atoms with Crippen molar-refractivity contribution < 1.29 is 14.6 Å². The van der Waals surface area contributed by atoms with Crippen molar-refractivity contribution in [3.8, 4) is 12.3 Å². The molecule has 11 heavy (non-hydrogen) atoms. The summed E-state index contributed by atoms with van der Waals surface area (Å²) in [5.74, 6) is 1.47. The standard InChI is InChI=1S/C8H12O3/c1-3-5-7(4-2)11-6-8(9)10/h1,7H,4-6H2,2H3,(H,9,10)/t7-/m1/s1. The van der Waals surface area contributed by atoms with Gasteiger partial charge in [-0.3, -0.25) is 0 Å². The monoisotopic (exact) mass is 156 g/mol. The van der Waals surface area contributed by atoms with Crippen molar-refractivity contribution in [3.63, 3.8) is 0 Å². The zero-order chi connectivity index (χ0) is 8.69. The van der Waals surface area contributed by atoms with Gasteiger partial charge in [-0.2, -0.15) is 0 Å². The summed E-state index contributed by atoms with van der Waals surface area (Å²) in [5.41, 5.74) is 0. The van der Waals surface area contributed by atoms with E-state index in [1.165, 1.54) is 0 Å². The van der Waals surface area contributed by atoms with Crippen LogP contribution in [0.15, 0.2) is 0 Å². The molecule has 3 heteroatoms. The summed E-state index contributed by atoms with van der Waals surface area (Å²) in [5, 5.41) is 8.25. The Morgan fingerprint density at radius 1 is 1.82 bits per heavy atom. The Morgan fingerprint density at radius 2 is 2.45 bits per heavy atom. The van der Waals surface area contributed by atoms with E-state index in [4.69, 9.17) is 16.3 Å². The summed E-state index contributed by atoms with van der Waals surface area (Å²) >= 11 is 0. The van der Waals surface area contributed by atoms with E-state index in [9.17, 15) is 4.79 Å². The van der Waals surface area contributed by atoms with E-state index < -0.39 is 5.97 Å². The predicted molar refractivity (Wildman–Crippen MR) is 41.1 cm³/mol. The van der Waals surface area contributed by atoms with Crippen LogP contribution in [-0.4, -0.2) is 23.8 Å². The molecule has 0 aromatic heterocycles. The fourth-order valence-electron chi connectivity index (χ4n) is 0.642. The van der Waals surface area contributed by atoms with Gasteiger partial charge in [-0.05, 0) is 6.42 Å². The minimum Gasteiger partial charge on any atom is -0.480 e. The van der Waals surface area contributed by atoms with Gasteiger partial charge >= 0.3 is 5.97 Å². The quantitative estimate of drug-likeness (QED) is 0.601. The van der Waals surface area contributed by atoms with E-state index in [0.29, 0.717) is 6.42 Å². The maximum Gasteiger partial charge on any atom is 0.329 e. The molecule has 0 amide bonds. The van der Waals surface area contributed by atoms with Crippen LogP contribution in [0.2, 0.25) is 0 Å². The van der Waals surface area contributed by atoms with Gasteiger partial charge in [0.05, 0.1) is 6.10 Å². The number of ether oxygens (including phenoxy) is 1. The van der Waals surface area contributed by atoms with Gasteiger partial charge in [0.2, 0.25) is 0 Å². The first-order valence-corrected chi connectivity index (χ1v) is 3.47. The van der Waals surface area contributed by atoms with Gasteiger partial charge in [0.15, 0.2) is 0 Å². The molecule has 1 atom stereocenters. The van der Waals surface area contributed by atoms with Gasteiger partial charge < -0.3 is 9.84 Å². The van der Waals surface area contributed by atoms with E-state index in [0.717, 1.165) is 6.42 Å². The first kappa shape index (κ1) is 9.99. The van der Waals surface area contributed by atoms with Crippen molar-refractivity contribution in [3.05, 3.63) is 0 Å². The summed E-state index contributed by atoms with van der Waals surface area (Å²) in [6.45, 7) is 1.64. The molecule has 0 fully saturated rings. The second kappa shape index (κ2) is 5.75. The molecular weight excluding hydrogens is 144 g/mol. The number of rotatable bonds is 5. The molecule has 0 bridgehead atoms. The summed E-state index contributed by atoms with van der Waals surface area (Å²) in [6.07, 6.45) is 6.14. The second-order valence-corrected chi connectivity index (χ2v) is 2.14. The Morgan fingerprint density at radius 3 is 2.82 bits per heavy atom. The van der Waals surface area contributed by atoms with Crippen LogP contribution in [0.5, 0.6) is 0 Å². The highest BCUT2D eigenvalue weighted by Gasteiger charge is 2.06. The number of hydrogen-bond acceptors (Lipinski definition) is 2. The van der Waals surface area contributed by atoms with Gasteiger partial charge in [0, 0.05) is 6.42 Å². The third-order valence-corrected chi connectivity index (χ3v) is 1.24. The number of terminal acetylenes is 1. The molecule has 0 saturated heterocycles. The lowest BCUT2D eigenvalue weighted by Gasteiger charge is -2.10. The molecule has 0 saturated carbocycles. The lowest BCUT2D eigenvalue weighted by atomic mass is 10.2. The third-order valence-electron chi connectivity index (χ3n) is 1.24. The largest absolute Gasteiger partial charge is 0.480 e. The highest BCUT2D eigenvalue weighted by atomic mass is 16.5. The molecular formula is C8H12O3. The van der Waals surface area contributed by atoms with E-state index >= 15 is 0 Å². The SMILES string of the molecule is C#CC[C@@H](CC)OCC(=O)O. The topological polar surface area (TPSA) is 46.5 Å². The minimum absolute atomic E-state index is 0.115. The molecule has 0 aliphatic heterocycles. The molecule has 62 valence electrons. The Labute approximate surface area is 66.4 Å². The summed E-state index contributed by atoms with van der Waals surface area (Å²) in [6, 6.07) is 0. The normalized spacial score (nSPS) is 12.0. The van der Waals surface area contributed by atoms with Crippen LogP contribution in [0.4, 0.5) is 0 Å². The average Bonchev–Trinajstić information content (AvgIpc) is 1.97. The maximum atomic E-state index is 10.0. The fraction of sp³-hybridized carbons (Fsp3) is 0.625. The van der Waals surface area contributed by atoms with Gasteiger partial charge in [-0.15, -0.1) is 12.3 Å². The smallest absolute Gasteiger partial charge is 0.329 e. The molecule has 1 N–H and O–H groups in total. The van der Waals surface area contributed by atoms with Gasteiger partial charge in [0.25, 0.3) is 0 Å². The summed E-state index contributed by atoms with van der Waals surface area (Å²) in [4.78, 5) is 10.0. The Balaban J connectivity index is 3.53. The molecule has 0 aromatic rings. The molecule has 0 heterocycles. The van der Waals surface area contributed by atoms with Gasteiger partial charge in [-0.1, -0.05) is 6.92 Å². The van der Waals surface area contributed by atoms with Gasteiger partial charge in [-0.25, -0.2) is 4.79 Å². The third kappa shape index (κ3) is 5.43. The highest BCUT2D eigenvalue weighted by molar-refractivity contribution is 5.68. The van der Waals surface area contributed by atoms with E-state index in [-0.39, 0.29) is 12.7 Å². The van der Waals surface area contributed by atoms with Crippen LogP contribution < -0.4 is 0 Å². The molecule has 3 nitrogen and oxygen atoms in total. The minimum atomic E-state index is -0.958. The molecule has 0 unspecified atom stereocenters. The Bertz CT molecular complexity index is 157. The molecule has 0 rings (SSSR count). The second-order valence-electron chi connectivity index (χ2n) is 2.14. The Hall–Kier alpha value is -1.01. The zero-order valence-electron chi connectivity index (χ0n) is 6.54. The number of carboxylic acid groups (broad SMARTS) is 1. The molecule has 0 radical (unpaired) electrons. The first-order valence-electron chi connectivity index (χ1n) is 3.47. The van der Waals surface area contributed by atoms with Crippen LogP contribution in [0, 0.1) is 12.3 Å². The van der Waals surface area contributed by atoms with E-state index in [1.54, 1.807) is 0 Å². The zero-order valence-corrected chi connectivity index (χ0v) is 6.54. The molecule has 0 spiro atoms. The number of hydrogen-bond donors (Lipinski definition) is 1. The van der Waals surface area contributed by atoms with Crippen LogP contribution in [0.25, 0.3) is 0 Å². The Kier molecular flexibility index (Phi) is 5.22. The molecule has 0 aliphatic carbocycles. The van der Waals surface area contributed by atoms with Crippen molar-refractivity contribution in [2.24, 2.45) is 0 Å². The van der Waals surface area contributed by atoms with Crippen molar-refractivity contribution in [1.82, 2.24) is 0 Å². The van der Waals surface area contributed by atoms with Crippen LogP contribution in [0.1, 0.15) is 19.8 Å². The molecule has 0 aromatic carbocycles. The van der Waals surface area contributed by atoms with Gasteiger partial charge in [0.1, 0.15) is 6.61 Å². The van der Waals surface area contributed by atoms with Crippen molar-refractivity contribution in [2.45, 2.75) is 25.9 Å². The molecule has 0 aliphatic rings. The van der Waals surface area contributed by atoms with Crippen LogP contribution >= 0.6 is 0 Å². The summed E-state index contributed by atoms with van der Waals surface area (Å²) < 4.78 is 4.95. The number of carbonyl (C=O) groups is 1. The number of carboxylic acids is 1. The van der Waals surface area contributed by atoms with Crippen molar-refractivity contribution in [1.29, 1.82) is 0 Å². The average molecular weight is 156 g/mol. The van der Waals surface area contributed by atoms with Crippen LogP contribution in [0.3, 0.4) is 0 Å². The lowest BCUT2D eigenvalue weighted by molar-refractivity contribution is -0.144. The van der Waals surface area contributed by atoms with Crippen molar-refractivity contribution in [2.75, 3.05) is 6.61 Å². The first-order chi connectivity index (χ1) is 5.20.